The Balaban J connectivity index is 1.36. The number of amides is 2. The zero-order valence-electron chi connectivity index (χ0n) is 16.9. The standard InChI is InChI=1S/C22H20N6O3/c1-15-23-13-14-28(15)20-11-12-21(27-26-20)31-17-9-7-16(8-10-17)24-22(29)25-18-5-3-4-6-19(18)30-2/h3-14H,1-2H3,(H2,24,25,29). The molecular formula is C22H20N6O3. The Kier molecular flexibility index (Phi) is 5.75. The summed E-state index contributed by atoms with van der Waals surface area (Å²) < 4.78 is 12.8. The number of nitrogens with one attached hydrogen (secondary N) is 2. The minimum Gasteiger partial charge on any atom is -0.495 e. The van der Waals surface area contributed by atoms with E-state index in [1.54, 1.807) is 61.8 Å². The molecule has 2 aromatic carbocycles. The third-order valence-electron chi connectivity index (χ3n) is 4.39. The molecule has 0 radical (unpaired) electrons. The fourth-order valence-electron chi connectivity index (χ4n) is 2.88. The van der Waals surface area contributed by atoms with E-state index in [1.165, 1.54) is 0 Å². The van der Waals surface area contributed by atoms with Crippen molar-refractivity contribution in [2.24, 2.45) is 0 Å². The van der Waals surface area contributed by atoms with Gasteiger partial charge in [0, 0.05) is 24.1 Å². The second kappa shape index (κ2) is 8.95. The predicted molar refractivity (Wildman–Crippen MR) is 116 cm³/mol. The molecule has 9 nitrogen and oxygen atoms in total. The smallest absolute Gasteiger partial charge is 0.323 e. The molecule has 0 fully saturated rings. The number of methoxy groups -OCH3 is 1. The Morgan fingerprint density at radius 2 is 1.77 bits per heavy atom. The zero-order chi connectivity index (χ0) is 21.6. The van der Waals surface area contributed by atoms with Gasteiger partial charge in [-0.15, -0.1) is 10.2 Å². The Hall–Kier alpha value is -4.40. The summed E-state index contributed by atoms with van der Waals surface area (Å²) in [6.45, 7) is 1.89. The molecule has 0 saturated carbocycles. The molecule has 0 atom stereocenters. The van der Waals surface area contributed by atoms with Crippen molar-refractivity contribution in [1.82, 2.24) is 19.7 Å². The fourth-order valence-corrected chi connectivity index (χ4v) is 2.88. The number of hydrogen-bond acceptors (Lipinski definition) is 6. The molecule has 0 bridgehead atoms. The van der Waals surface area contributed by atoms with Crippen LogP contribution in [-0.2, 0) is 0 Å². The quantitative estimate of drug-likeness (QED) is 0.482. The molecule has 2 amide bonds. The highest BCUT2D eigenvalue weighted by atomic mass is 16.5. The minimum atomic E-state index is -0.380. The molecule has 0 aliphatic rings. The second-order valence-electron chi connectivity index (χ2n) is 6.48. The first kappa shape index (κ1) is 19.9. The zero-order valence-corrected chi connectivity index (χ0v) is 16.9. The summed E-state index contributed by atoms with van der Waals surface area (Å²) in [7, 11) is 1.55. The van der Waals surface area contributed by atoms with E-state index in [1.807, 2.05) is 29.8 Å². The van der Waals surface area contributed by atoms with Crippen molar-refractivity contribution in [3.8, 4) is 23.2 Å². The summed E-state index contributed by atoms with van der Waals surface area (Å²) in [5, 5.41) is 13.8. The Labute approximate surface area is 178 Å². The number of carbonyl (C=O) groups is 1. The van der Waals surface area contributed by atoms with E-state index >= 15 is 0 Å². The van der Waals surface area contributed by atoms with Crippen LogP contribution in [0.4, 0.5) is 16.2 Å². The van der Waals surface area contributed by atoms with Crippen LogP contribution in [0.3, 0.4) is 0 Å². The molecule has 0 saturated heterocycles. The number of imidazole rings is 1. The van der Waals surface area contributed by atoms with E-state index in [0.717, 1.165) is 5.82 Å². The van der Waals surface area contributed by atoms with E-state index in [0.29, 0.717) is 34.6 Å². The summed E-state index contributed by atoms with van der Waals surface area (Å²) in [4.78, 5) is 16.4. The van der Waals surface area contributed by atoms with Gasteiger partial charge < -0.3 is 20.1 Å². The van der Waals surface area contributed by atoms with Crippen LogP contribution >= 0.6 is 0 Å². The number of urea groups is 1. The lowest BCUT2D eigenvalue weighted by molar-refractivity contribution is 0.262. The van der Waals surface area contributed by atoms with E-state index in [9.17, 15) is 4.79 Å². The van der Waals surface area contributed by atoms with Crippen molar-refractivity contribution in [2.45, 2.75) is 6.92 Å². The second-order valence-corrected chi connectivity index (χ2v) is 6.48. The number of aromatic nitrogens is 4. The molecular weight excluding hydrogens is 396 g/mol. The number of anilines is 2. The van der Waals surface area contributed by atoms with Gasteiger partial charge in [-0.1, -0.05) is 12.1 Å². The summed E-state index contributed by atoms with van der Waals surface area (Å²) >= 11 is 0. The number of benzene rings is 2. The van der Waals surface area contributed by atoms with Gasteiger partial charge in [-0.25, -0.2) is 9.78 Å². The van der Waals surface area contributed by atoms with Crippen LogP contribution in [-0.4, -0.2) is 32.9 Å². The number of hydrogen-bond donors (Lipinski definition) is 2. The topological polar surface area (TPSA) is 103 Å². The highest BCUT2D eigenvalue weighted by Gasteiger charge is 2.08. The average Bonchev–Trinajstić information content (AvgIpc) is 3.22. The first-order valence-electron chi connectivity index (χ1n) is 9.45. The molecule has 156 valence electrons. The van der Waals surface area contributed by atoms with Crippen LogP contribution in [0.2, 0.25) is 0 Å². The largest absolute Gasteiger partial charge is 0.495 e. The van der Waals surface area contributed by atoms with E-state index in [4.69, 9.17) is 9.47 Å². The molecule has 9 heteroatoms. The Bertz CT molecular complexity index is 1170. The molecule has 2 N–H and O–H groups in total. The number of aryl methyl sites for hydroxylation is 1. The first-order valence-corrected chi connectivity index (χ1v) is 9.45. The first-order chi connectivity index (χ1) is 15.1. The van der Waals surface area contributed by atoms with Crippen molar-refractivity contribution in [2.75, 3.05) is 17.7 Å². The maximum atomic E-state index is 12.2. The average molecular weight is 416 g/mol. The minimum absolute atomic E-state index is 0.358. The van der Waals surface area contributed by atoms with Crippen molar-refractivity contribution < 1.29 is 14.3 Å². The number of para-hydroxylation sites is 2. The van der Waals surface area contributed by atoms with Gasteiger partial charge in [-0.05, 0) is 49.4 Å². The van der Waals surface area contributed by atoms with Crippen molar-refractivity contribution >= 4 is 17.4 Å². The number of rotatable bonds is 6. The maximum Gasteiger partial charge on any atom is 0.323 e. The van der Waals surface area contributed by atoms with E-state index in [2.05, 4.69) is 25.8 Å². The Morgan fingerprint density at radius 1 is 0.968 bits per heavy atom. The van der Waals surface area contributed by atoms with Crippen LogP contribution in [0.5, 0.6) is 17.4 Å². The lowest BCUT2D eigenvalue weighted by atomic mass is 10.3. The fraction of sp³-hybridized carbons (Fsp3) is 0.0909. The third kappa shape index (κ3) is 4.78. The molecule has 0 aliphatic heterocycles. The summed E-state index contributed by atoms with van der Waals surface area (Å²) in [6.07, 6.45) is 3.52. The summed E-state index contributed by atoms with van der Waals surface area (Å²) in [5.74, 6) is 2.98. The van der Waals surface area contributed by atoms with Crippen molar-refractivity contribution in [1.29, 1.82) is 0 Å². The molecule has 0 spiro atoms. The van der Waals surface area contributed by atoms with Gasteiger partial charge in [0.25, 0.3) is 0 Å². The highest BCUT2D eigenvalue weighted by molar-refractivity contribution is 6.00. The van der Waals surface area contributed by atoms with E-state index in [-0.39, 0.29) is 6.03 Å². The van der Waals surface area contributed by atoms with Crippen LogP contribution in [0.15, 0.2) is 73.1 Å². The van der Waals surface area contributed by atoms with Crippen molar-refractivity contribution in [3.05, 3.63) is 78.9 Å². The summed E-state index contributed by atoms with van der Waals surface area (Å²) in [5.41, 5.74) is 1.19. The van der Waals surface area contributed by atoms with Gasteiger partial charge in [-0.2, -0.15) is 0 Å². The number of nitrogens with zero attached hydrogens (tertiary/aromatic N) is 4. The van der Waals surface area contributed by atoms with E-state index < -0.39 is 0 Å². The molecule has 0 aliphatic carbocycles. The molecule has 31 heavy (non-hydrogen) atoms. The SMILES string of the molecule is COc1ccccc1NC(=O)Nc1ccc(Oc2ccc(-n3ccnc3C)nn2)cc1. The van der Waals surface area contributed by atoms with Gasteiger partial charge in [0.15, 0.2) is 5.82 Å². The molecule has 4 rings (SSSR count). The molecule has 2 heterocycles. The van der Waals surface area contributed by atoms with Gasteiger partial charge in [-0.3, -0.25) is 4.57 Å². The predicted octanol–water partition coefficient (Wildman–Crippen LogP) is 4.42. The number of ether oxygens (including phenoxy) is 2. The third-order valence-corrected chi connectivity index (χ3v) is 4.39. The molecule has 2 aromatic heterocycles. The van der Waals surface area contributed by atoms with Crippen molar-refractivity contribution in [3.63, 3.8) is 0 Å². The lowest BCUT2D eigenvalue weighted by Crippen LogP contribution is -2.19. The van der Waals surface area contributed by atoms with Crippen LogP contribution in [0, 0.1) is 6.92 Å². The monoisotopic (exact) mass is 416 g/mol. The Morgan fingerprint density at radius 3 is 2.45 bits per heavy atom. The van der Waals surface area contributed by atoms with Gasteiger partial charge in [0.1, 0.15) is 17.3 Å². The van der Waals surface area contributed by atoms with Gasteiger partial charge in [0.2, 0.25) is 5.88 Å². The van der Waals surface area contributed by atoms with Crippen LogP contribution in [0.25, 0.3) is 5.82 Å². The molecule has 0 unspecified atom stereocenters. The van der Waals surface area contributed by atoms with Crippen LogP contribution < -0.4 is 20.1 Å². The van der Waals surface area contributed by atoms with Crippen LogP contribution in [0.1, 0.15) is 5.82 Å². The normalized spacial score (nSPS) is 10.4. The maximum absolute atomic E-state index is 12.2. The molecule has 4 aromatic rings. The van der Waals surface area contributed by atoms with Gasteiger partial charge in [0.05, 0.1) is 12.8 Å². The number of carbonyl (C=O) groups excluding carboxylic acids is 1. The highest BCUT2D eigenvalue weighted by Crippen LogP contribution is 2.24. The van der Waals surface area contributed by atoms with Gasteiger partial charge >= 0.3 is 6.03 Å². The summed E-state index contributed by atoms with van der Waals surface area (Å²) in [6, 6.07) is 17.2. The lowest BCUT2D eigenvalue weighted by Gasteiger charge is -2.11.